The highest BCUT2D eigenvalue weighted by Crippen LogP contribution is 2.45. The Morgan fingerprint density at radius 2 is 2.07 bits per heavy atom. The predicted octanol–water partition coefficient (Wildman–Crippen LogP) is 3.45. The first-order valence-electron chi connectivity index (χ1n) is 8.80. The smallest absolute Gasteiger partial charge is 0.167 e. The lowest BCUT2D eigenvalue weighted by molar-refractivity contribution is -0.193. The molecule has 28 heavy (non-hydrogen) atoms. The summed E-state index contributed by atoms with van der Waals surface area (Å²) in [6.45, 7) is 5.83. The van der Waals surface area contributed by atoms with E-state index in [9.17, 15) is 0 Å². The zero-order valence-corrected chi connectivity index (χ0v) is 17.8. The van der Waals surface area contributed by atoms with Crippen LogP contribution >= 0.6 is 34.7 Å². The van der Waals surface area contributed by atoms with Gasteiger partial charge in [-0.05, 0) is 20.8 Å². The lowest BCUT2D eigenvalue weighted by Gasteiger charge is -2.24. The summed E-state index contributed by atoms with van der Waals surface area (Å²) in [6.07, 6.45) is 2.06. The minimum Gasteiger partial charge on any atom is -0.348 e. The van der Waals surface area contributed by atoms with E-state index in [1.165, 1.54) is 6.33 Å². The van der Waals surface area contributed by atoms with Crippen molar-refractivity contribution < 1.29 is 14.2 Å². The van der Waals surface area contributed by atoms with E-state index in [0.29, 0.717) is 22.1 Å². The minimum atomic E-state index is -0.679. The fourth-order valence-corrected chi connectivity index (χ4v) is 5.68. The topological polar surface area (TPSA) is 84.2 Å². The molecule has 0 radical (unpaired) electrons. The second-order valence-electron chi connectivity index (χ2n) is 7.18. The molecule has 3 aromatic heterocycles. The molecule has 2 saturated heterocycles. The van der Waals surface area contributed by atoms with E-state index >= 15 is 0 Å². The Hall–Kier alpha value is -1.30. The summed E-state index contributed by atoms with van der Waals surface area (Å²) in [6, 6.07) is 0. The molecule has 148 valence electrons. The van der Waals surface area contributed by atoms with Gasteiger partial charge in [0.2, 0.25) is 0 Å². The summed E-state index contributed by atoms with van der Waals surface area (Å²) in [5.74, 6) is 0.0352. The number of ether oxygens (including phenoxy) is 3. The molecule has 8 nitrogen and oxygen atoms in total. The van der Waals surface area contributed by atoms with Crippen molar-refractivity contribution in [3.8, 4) is 0 Å². The van der Waals surface area contributed by atoms with E-state index in [0.717, 1.165) is 10.0 Å². The first-order valence-corrected chi connectivity index (χ1v) is 11.0. The van der Waals surface area contributed by atoms with Gasteiger partial charge in [0.1, 0.15) is 28.4 Å². The highest BCUT2D eigenvalue weighted by Gasteiger charge is 2.56. The van der Waals surface area contributed by atoms with Crippen LogP contribution in [0.25, 0.3) is 11.2 Å². The van der Waals surface area contributed by atoms with Crippen LogP contribution < -0.4 is 0 Å². The SMILES string of the molecule is Cc1csc(SC[C@H]2O[C@@H](n3cnc4c(Cl)ncnc43)[C@@H]3OC(C)(C)O[C@@H]32)n1. The maximum atomic E-state index is 6.37. The summed E-state index contributed by atoms with van der Waals surface area (Å²) < 4.78 is 21.6. The van der Waals surface area contributed by atoms with Crippen molar-refractivity contribution in [2.75, 3.05) is 5.75 Å². The van der Waals surface area contributed by atoms with E-state index < -0.39 is 12.0 Å². The molecular formula is C17H18ClN5O3S2. The number of halogens is 1. The molecule has 0 saturated carbocycles. The van der Waals surface area contributed by atoms with Crippen LogP contribution in [-0.4, -0.2) is 54.4 Å². The Labute approximate surface area is 174 Å². The molecule has 5 rings (SSSR count). The molecule has 5 heterocycles. The fraction of sp³-hybridized carbons (Fsp3) is 0.529. The van der Waals surface area contributed by atoms with E-state index in [2.05, 4.69) is 19.9 Å². The second-order valence-corrected chi connectivity index (χ2v) is 9.67. The Balaban J connectivity index is 1.44. The summed E-state index contributed by atoms with van der Waals surface area (Å²) in [4.78, 5) is 17.2. The molecule has 2 aliphatic heterocycles. The van der Waals surface area contributed by atoms with Gasteiger partial charge in [-0.25, -0.2) is 19.9 Å². The zero-order chi connectivity index (χ0) is 19.5. The van der Waals surface area contributed by atoms with Gasteiger partial charge in [-0.2, -0.15) is 0 Å². The number of nitrogens with zero attached hydrogens (tertiary/aromatic N) is 5. The minimum absolute atomic E-state index is 0.152. The molecule has 0 unspecified atom stereocenters. The summed E-state index contributed by atoms with van der Waals surface area (Å²) >= 11 is 9.45. The van der Waals surface area contributed by atoms with E-state index in [1.54, 1.807) is 29.4 Å². The number of aryl methyl sites for hydroxylation is 1. The second kappa shape index (κ2) is 6.89. The van der Waals surface area contributed by atoms with Gasteiger partial charge in [0, 0.05) is 16.8 Å². The van der Waals surface area contributed by atoms with Gasteiger partial charge in [0.15, 0.2) is 22.8 Å². The highest BCUT2D eigenvalue weighted by molar-refractivity contribution is 8.01. The van der Waals surface area contributed by atoms with Crippen molar-refractivity contribution in [1.29, 1.82) is 0 Å². The molecule has 0 aliphatic carbocycles. The predicted molar refractivity (Wildman–Crippen MR) is 106 cm³/mol. The number of fused-ring (bicyclic) bond motifs is 2. The largest absolute Gasteiger partial charge is 0.348 e. The Kier molecular flexibility index (Phi) is 4.61. The van der Waals surface area contributed by atoms with Crippen LogP contribution in [0.5, 0.6) is 0 Å². The number of aromatic nitrogens is 5. The van der Waals surface area contributed by atoms with Crippen molar-refractivity contribution in [3.05, 3.63) is 28.9 Å². The Bertz CT molecular complexity index is 1030. The molecule has 4 atom stereocenters. The van der Waals surface area contributed by atoms with E-state index in [-0.39, 0.29) is 18.3 Å². The standard InChI is InChI=1S/C17H18ClN5O3S2/c1-8-4-27-16(22-8)28-5-9-11-12(26-17(2,3)25-11)15(24-9)23-7-21-10-13(18)19-6-20-14(10)23/h4,6-7,9,11-12,15H,5H2,1-3H3/t9-,11-,12-,15-/m1/s1. The number of thiazole rings is 1. The third kappa shape index (κ3) is 3.21. The molecule has 11 heteroatoms. The third-order valence-corrected chi connectivity index (χ3v) is 7.19. The summed E-state index contributed by atoms with van der Waals surface area (Å²) in [5.41, 5.74) is 2.18. The van der Waals surface area contributed by atoms with Crippen LogP contribution in [0.2, 0.25) is 5.15 Å². The molecule has 0 amide bonds. The monoisotopic (exact) mass is 439 g/mol. The molecule has 0 spiro atoms. The van der Waals surface area contributed by atoms with Crippen molar-refractivity contribution >= 4 is 45.9 Å². The van der Waals surface area contributed by atoms with E-state index in [1.807, 2.05) is 30.7 Å². The van der Waals surface area contributed by atoms with Gasteiger partial charge in [0.25, 0.3) is 0 Å². The van der Waals surface area contributed by atoms with Crippen LogP contribution in [0.15, 0.2) is 22.4 Å². The highest BCUT2D eigenvalue weighted by atomic mass is 35.5. The van der Waals surface area contributed by atoms with E-state index in [4.69, 9.17) is 25.8 Å². The Morgan fingerprint density at radius 1 is 1.25 bits per heavy atom. The first-order chi connectivity index (χ1) is 13.4. The van der Waals surface area contributed by atoms with Gasteiger partial charge in [-0.3, -0.25) is 4.57 Å². The summed E-state index contributed by atoms with van der Waals surface area (Å²) in [7, 11) is 0. The van der Waals surface area contributed by atoms with Crippen molar-refractivity contribution in [2.45, 2.75) is 55.4 Å². The van der Waals surface area contributed by atoms with Gasteiger partial charge in [-0.1, -0.05) is 23.4 Å². The molecule has 0 N–H and O–H groups in total. The molecule has 0 bridgehead atoms. The lowest BCUT2D eigenvalue weighted by Crippen LogP contribution is -2.31. The molecule has 2 aliphatic rings. The lowest BCUT2D eigenvalue weighted by atomic mass is 10.1. The molecular weight excluding hydrogens is 422 g/mol. The van der Waals surface area contributed by atoms with Crippen LogP contribution in [0.1, 0.15) is 25.8 Å². The third-order valence-electron chi connectivity index (χ3n) is 4.68. The molecule has 0 aromatic carbocycles. The maximum absolute atomic E-state index is 6.37. The van der Waals surface area contributed by atoms with Gasteiger partial charge in [0.05, 0.1) is 12.4 Å². The number of rotatable bonds is 4. The van der Waals surface area contributed by atoms with Crippen molar-refractivity contribution in [2.24, 2.45) is 0 Å². The first kappa shape index (κ1) is 18.7. The maximum Gasteiger partial charge on any atom is 0.167 e. The van der Waals surface area contributed by atoms with Crippen molar-refractivity contribution in [1.82, 2.24) is 24.5 Å². The number of imidazole rings is 1. The normalized spacial score (nSPS) is 28.9. The average molecular weight is 440 g/mol. The van der Waals surface area contributed by atoms with Crippen molar-refractivity contribution in [3.63, 3.8) is 0 Å². The fourth-order valence-electron chi connectivity index (χ4n) is 3.58. The van der Waals surface area contributed by atoms with Crippen LogP contribution in [-0.2, 0) is 14.2 Å². The number of hydrogen-bond donors (Lipinski definition) is 0. The van der Waals surface area contributed by atoms with Gasteiger partial charge in [-0.15, -0.1) is 11.3 Å². The average Bonchev–Trinajstić information content (AvgIpc) is 3.37. The quantitative estimate of drug-likeness (QED) is 0.451. The number of hydrogen-bond acceptors (Lipinski definition) is 9. The van der Waals surface area contributed by atoms with Gasteiger partial charge >= 0.3 is 0 Å². The van der Waals surface area contributed by atoms with Crippen LogP contribution in [0.3, 0.4) is 0 Å². The Morgan fingerprint density at radius 3 is 2.86 bits per heavy atom. The zero-order valence-electron chi connectivity index (χ0n) is 15.4. The van der Waals surface area contributed by atoms with Crippen LogP contribution in [0, 0.1) is 6.92 Å². The summed E-state index contributed by atoms with van der Waals surface area (Å²) in [5, 5.41) is 2.36. The molecule has 3 aromatic rings. The molecule has 2 fully saturated rings. The van der Waals surface area contributed by atoms with Crippen LogP contribution in [0.4, 0.5) is 0 Å². The van der Waals surface area contributed by atoms with Gasteiger partial charge < -0.3 is 14.2 Å². The number of thioether (sulfide) groups is 1.